The van der Waals surface area contributed by atoms with Gasteiger partial charge in [-0.1, -0.05) is 12.1 Å². The molecule has 0 fully saturated rings. The number of hydrogen-bond acceptors (Lipinski definition) is 3. The van der Waals surface area contributed by atoms with Gasteiger partial charge in [-0.05, 0) is 24.6 Å². The van der Waals surface area contributed by atoms with Gasteiger partial charge in [-0.3, -0.25) is 4.68 Å². The second-order valence-electron chi connectivity index (χ2n) is 4.59. The van der Waals surface area contributed by atoms with E-state index in [4.69, 9.17) is 5.11 Å². The number of nitrogens with one attached hydrogen (secondary N) is 1. The van der Waals surface area contributed by atoms with Gasteiger partial charge in [0.15, 0.2) is 0 Å². The van der Waals surface area contributed by atoms with Gasteiger partial charge in [0, 0.05) is 19.6 Å². The fraction of sp³-hybridized carbons (Fsp3) is 0.286. The highest BCUT2D eigenvalue weighted by Crippen LogP contribution is 2.15. The molecule has 2 rings (SSSR count). The average Bonchev–Trinajstić information content (AvgIpc) is 2.78. The minimum atomic E-state index is -0.996. The lowest BCUT2D eigenvalue weighted by Crippen LogP contribution is -2.21. The first-order chi connectivity index (χ1) is 9.49. The third kappa shape index (κ3) is 3.03. The van der Waals surface area contributed by atoms with Gasteiger partial charge in [-0.15, -0.1) is 0 Å². The quantitative estimate of drug-likeness (QED) is 0.878. The van der Waals surface area contributed by atoms with Crippen LogP contribution in [0, 0.1) is 5.82 Å². The largest absolute Gasteiger partial charge is 0.478 e. The first-order valence-electron chi connectivity index (χ1n) is 6.22. The maximum absolute atomic E-state index is 12.9. The summed E-state index contributed by atoms with van der Waals surface area (Å²) in [7, 11) is 1.70. The molecule has 5 nitrogen and oxygen atoms in total. The Hall–Kier alpha value is -2.21. The Kier molecular flexibility index (Phi) is 4.14. The molecule has 20 heavy (non-hydrogen) atoms. The third-order valence-electron chi connectivity index (χ3n) is 3.24. The van der Waals surface area contributed by atoms with Crippen LogP contribution in [0.2, 0.25) is 0 Å². The molecule has 1 aromatic heterocycles. The zero-order valence-electron chi connectivity index (χ0n) is 11.3. The molecule has 0 aliphatic heterocycles. The minimum absolute atomic E-state index is 0.0212. The van der Waals surface area contributed by atoms with Crippen LogP contribution >= 0.6 is 0 Å². The second-order valence-corrected chi connectivity index (χ2v) is 4.59. The van der Waals surface area contributed by atoms with Crippen LogP contribution in [0.3, 0.4) is 0 Å². The van der Waals surface area contributed by atoms with Crippen molar-refractivity contribution in [2.75, 3.05) is 0 Å². The molecule has 0 aliphatic rings. The van der Waals surface area contributed by atoms with E-state index in [9.17, 15) is 9.18 Å². The van der Waals surface area contributed by atoms with E-state index in [1.54, 1.807) is 19.2 Å². The van der Waals surface area contributed by atoms with E-state index in [0.717, 1.165) is 5.56 Å². The van der Waals surface area contributed by atoms with Gasteiger partial charge in [0.2, 0.25) is 0 Å². The van der Waals surface area contributed by atoms with Crippen LogP contribution in [0.5, 0.6) is 0 Å². The summed E-state index contributed by atoms with van der Waals surface area (Å²) in [5, 5.41) is 16.2. The van der Waals surface area contributed by atoms with Crippen LogP contribution in [0.15, 0.2) is 30.5 Å². The van der Waals surface area contributed by atoms with E-state index >= 15 is 0 Å². The van der Waals surface area contributed by atoms with Crippen molar-refractivity contribution in [3.05, 3.63) is 53.1 Å². The molecule has 2 aromatic rings. The van der Waals surface area contributed by atoms with Crippen LogP contribution in [0.1, 0.15) is 34.6 Å². The number of aromatic carboxylic acids is 1. The number of benzene rings is 1. The number of rotatable bonds is 5. The van der Waals surface area contributed by atoms with Crippen molar-refractivity contribution < 1.29 is 14.3 Å². The molecular formula is C14H16FN3O2. The van der Waals surface area contributed by atoms with Gasteiger partial charge in [0.1, 0.15) is 11.4 Å². The summed E-state index contributed by atoms with van der Waals surface area (Å²) in [4.78, 5) is 11.1. The zero-order valence-corrected chi connectivity index (χ0v) is 11.3. The van der Waals surface area contributed by atoms with E-state index in [-0.39, 0.29) is 17.4 Å². The Morgan fingerprint density at radius 2 is 2.10 bits per heavy atom. The number of carbonyl (C=O) groups is 1. The van der Waals surface area contributed by atoms with Crippen molar-refractivity contribution in [2.45, 2.75) is 19.5 Å². The molecule has 0 spiro atoms. The highest BCUT2D eigenvalue weighted by molar-refractivity contribution is 5.88. The molecule has 6 heteroatoms. The van der Waals surface area contributed by atoms with E-state index in [1.807, 2.05) is 6.92 Å². The summed E-state index contributed by atoms with van der Waals surface area (Å²) in [5.41, 5.74) is 1.73. The van der Waals surface area contributed by atoms with Crippen molar-refractivity contribution in [3.8, 4) is 0 Å². The summed E-state index contributed by atoms with van der Waals surface area (Å²) in [5.74, 6) is -1.27. The van der Waals surface area contributed by atoms with Crippen molar-refractivity contribution in [2.24, 2.45) is 7.05 Å². The SMILES string of the molecule is CC(NCc1c(C(=O)O)cnn1C)c1ccc(F)cc1. The highest BCUT2D eigenvalue weighted by atomic mass is 19.1. The van der Waals surface area contributed by atoms with Crippen LogP contribution in [-0.2, 0) is 13.6 Å². The van der Waals surface area contributed by atoms with Gasteiger partial charge in [-0.2, -0.15) is 5.10 Å². The topological polar surface area (TPSA) is 67.2 Å². The number of nitrogens with zero attached hydrogens (tertiary/aromatic N) is 2. The Morgan fingerprint density at radius 1 is 1.45 bits per heavy atom. The van der Waals surface area contributed by atoms with E-state index in [2.05, 4.69) is 10.4 Å². The van der Waals surface area contributed by atoms with Gasteiger partial charge >= 0.3 is 5.97 Å². The Balaban J connectivity index is 2.07. The fourth-order valence-electron chi connectivity index (χ4n) is 1.97. The van der Waals surface area contributed by atoms with Crippen LogP contribution in [-0.4, -0.2) is 20.9 Å². The Labute approximate surface area is 116 Å². The molecule has 106 valence electrons. The molecular weight excluding hydrogens is 261 g/mol. The Morgan fingerprint density at radius 3 is 2.70 bits per heavy atom. The van der Waals surface area contributed by atoms with Crippen molar-refractivity contribution in [3.63, 3.8) is 0 Å². The first-order valence-corrected chi connectivity index (χ1v) is 6.22. The highest BCUT2D eigenvalue weighted by Gasteiger charge is 2.15. The van der Waals surface area contributed by atoms with Crippen LogP contribution in [0.4, 0.5) is 4.39 Å². The van der Waals surface area contributed by atoms with Gasteiger partial charge in [0.05, 0.1) is 11.9 Å². The third-order valence-corrected chi connectivity index (χ3v) is 3.24. The van der Waals surface area contributed by atoms with Crippen molar-refractivity contribution >= 4 is 5.97 Å². The molecule has 1 heterocycles. The number of halogens is 1. The van der Waals surface area contributed by atoms with E-state index in [0.29, 0.717) is 12.2 Å². The second kappa shape index (κ2) is 5.83. The number of hydrogen-bond donors (Lipinski definition) is 2. The average molecular weight is 277 g/mol. The molecule has 0 saturated heterocycles. The van der Waals surface area contributed by atoms with Crippen molar-refractivity contribution in [1.82, 2.24) is 15.1 Å². The van der Waals surface area contributed by atoms with E-state index in [1.165, 1.54) is 23.0 Å². The number of aryl methyl sites for hydroxylation is 1. The molecule has 0 saturated carbocycles. The summed E-state index contributed by atoms with van der Waals surface area (Å²) < 4.78 is 14.4. The molecule has 2 N–H and O–H groups in total. The smallest absolute Gasteiger partial charge is 0.339 e. The fourth-order valence-corrected chi connectivity index (χ4v) is 1.97. The molecule has 1 unspecified atom stereocenters. The predicted octanol–water partition coefficient (Wildman–Crippen LogP) is 2.11. The lowest BCUT2D eigenvalue weighted by atomic mass is 10.1. The maximum Gasteiger partial charge on any atom is 0.339 e. The minimum Gasteiger partial charge on any atom is -0.478 e. The monoisotopic (exact) mass is 277 g/mol. The lowest BCUT2D eigenvalue weighted by Gasteiger charge is -2.14. The van der Waals surface area contributed by atoms with Crippen molar-refractivity contribution in [1.29, 1.82) is 0 Å². The molecule has 0 aliphatic carbocycles. The Bertz CT molecular complexity index is 607. The molecule has 1 aromatic carbocycles. The van der Waals surface area contributed by atoms with E-state index < -0.39 is 5.97 Å². The van der Waals surface area contributed by atoms with Gasteiger partial charge < -0.3 is 10.4 Å². The lowest BCUT2D eigenvalue weighted by molar-refractivity contribution is 0.0695. The first kappa shape index (κ1) is 14.2. The number of carboxylic acids is 1. The maximum atomic E-state index is 12.9. The molecule has 1 atom stereocenters. The summed E-state index contributed by atoms with van der Waals surface area (Å²) in [6.07, 6.45) is 1.34. The van der Waals surface area contributed by atoms with Gasteiger partial charge in [-0.25, -0.2) is 9.18 Å². The predicted molar refractivity (Wildman–Crippen MR) is 71.8 cm³/mol. The standard InChI is InChI=1S/C14H16FN3O2/c1-9(10-3-5-11(15)6-4-10)16-8-13-12(14(19)20)7-17-18(13)2/h3-7,9,16H,8H2,1-2H3,(H,19,20). The van der Waals surface area contributed by atoms with Crippen LogP contribution in [0.25, 0.3) is 0 Å². The van der Waals surface area contributed by atoms with Crippen LogP contribution < -0.4 is 5.32 Å². The zero-order chi connectivity index (χ0) is 14.7. The number of aromatic nitrogens is 2. The van der Waals surface area contributed by atoms with Gasteiger partial charge in [0.25, 0.3) is 0 Å². The summed E-state index contributed by atoms with van der Waals surface area (Å²) in [6.45, 7) is 2.31. The molecule has 0 bridgehead atoms. The number of carboxylic acid groups (broad SMARTS) is 1. The summed E-state index contributed by atoms with van der Waals surface area (Å²) >= 11 is 0. The summed E-state index contributed by atoms with van der Waals surface area (Å²) in [6, 6.07) is 6.19. The molecule has 0 amide bonds. The normalized spacial score (nSPS) is 12.3. The molecule has 0 radical (unpaired) electrons.